The highest BCUT2D eigenvalue weighted by molar-refractivity contribution is 7.14. The standard InChI is InChI=1S/C18H21NO3S/c1-12-4-2-6-15(8-12)22-11-14(20)10-19-18(21)17-9-13-5-3-7-16(13)23-17/h2,4,6,8-9,14,20H,3,5,7,10-11H2,1H3,(H,19,21). The third-order valence-corrected chi connectivity index (χ3v) is 5.14. The lowest BCUT2D eigenvalue weighted by Gasteiger charge is -2.13. The smallest absolute Gasteiger partial charge is 0.261 e. The summed E-state index contributed by atoms with van der Waals surface area (Å²) >= 11 is 1.57. The molecule has 0 saturated carbocycles. The molecule has 1 heterocycles. The average Bonchev–Trinajstić information content (AvgIpc) is 3.12. The monoisotopic (exact) mass is 331 g/mol. The number of ether oxygens (including phenoxy) is 1. The number of aliphatic hydroxyl groups excluding tert-OH is 1. The number of benzene rings is 1. The van der Waals surface area contributed by atoms with Crippen molar-refractivity contribution in [2.45, 2.75) is 32.3 Å². The van der Waals surface area contributed by atoms with Crippen LogP contribution in [0, 0.1) is 6.92 Å². The number of amides is 1. The minimum Gasteiger partial charge on any atom is -0.491 e. The van der Waals surface area contributed by atoms with Crippen molar-refractivity contribution in [3.8, 4) is 5.75 Å². The summed E-state index contributed by atoms with van der Waals surface area (Å²) in [6, 6.07) is 9.65. The molecule has 2 N–H and O–H groups in total. The fraction of sp³-hybridized carbons (Fsp3) is 0.389. The van der Waals surface area contributed by atoms with Gasteiger partial charge in [0, 0.05) is 11.4 Å². The highest BCUT2D eigenvalue weighted by atomic mass is 32.1. The van der Waals surface area contributed by atoms with Gasteiger partial charge in [0.2, 0.25) is 0 Å². The van der Waals surface area contributed by atoms with E-state index in [1.54, 1.807) is 11.3 Å². The highest BCUT2D eigenvalue weighted by Gasteiger charge is 2.18. The summed E-state index contributed by atoms with van der Waals surface area (Å²) in [7, 11) is 0. The third-order valence-electron chi connectivity index (χ3n) is 3.90. The summed E-state index contributed by atoms with van der Waals surface area (Å²) in [6.07, 6.45) is 2.62. The molecule has 5 heteroatoms. The van der Waals surface area contributed by atoms with Crippen molar-refractivity contribution < 1.29 is 14.6 Å². The Balaban J connectivity index is 1.44. The van der Waals surface area contributed by atoms with Crippen molar-refractivity contribution >= 4 is 17.2 Å². The number of aryl methyl sites for hydroxylation is 3. The molecule has 0 fully saturated rings. The van der Waals surface area contributed by atoms with E-state index in [1.807, 2.05) is 37.3 Å². The van der Waals surface area contributed by atoms with E-state index in [1.165, 1.54) is 16.9 Å². The van der Waals surface area contributed by atoms with Crippen molar-refractivity contribution in [1.29, 1.82) is 0 Å². The summed E-state index contributed by atoms with van der Waals surface area (Å²) in [5.41, 5.74) is 2.42. The minimum absolute atomic E-state index is 0.112. The van der Waals surface area contributed by atoms with E-state index in [9.17, 15) is 9.90 Å². The summed E-state index contributed by atoms with van der Waals surface area (Å²) in [5, 5.41) is 12.7. The SMILES string of the molecule is Cc1cccc(OCC(O)CNC(=O)c2cc3c(s2)CCC3)c1. The molecule has 3 rings (SSSR count). The normalized spacial score (nSPS) is 14.3. The number of aliphatic hydroxyl groups is 1. The molecule has 1 aliphatic carbocycles. The van der Waals surface area contributed by atoms with Gasteiger partial charge in [-0.15, -0.1) is 11.3 Å². The molecule has 23 heavy (non-hydrogen) atoms. The van der Waals surface area contributed by atoms with Crippen molar-refractivity contribution in [2.24, 2.45) is 0 Å². The van der Waals surface area contributed by atoms with Crippen LogP contribution in [-0.2, 0) is 12.8 Å². The molecule has 0 bridgehead atoms. The van der Waals surface area contributed by atoms with E-state index >= 15 is 0 Å². The molecule has 0 saturated heterocycles. The quantitative estimate of drug-likeness (QED) is 0.856. The van der Waals surface area contributed by atoms with E-state index in [2.05, 4.69) is 5.32 Å². The zero-order valence-corrected chi connectivity index (χ0v) is 14.0. The van der Waals surface area contributed by atoms with Crippen LogP contribution in [0.4, 0.5) is 0 Å². The topological polar surface area (TPSA) is 58.6 Å². The minimum atomic E-state index is -0.730. The van der Waals surface area contributed by atoms with Crippen molar-refractivity contribution in [3.05, 3.63) is 51.2 Å². The maximum atomic E-state index is 12.1. The Morgan fingerprint density at radius 3 is 3.04 bits per heavy atom. The van der Waals surface area contributed by atoms with Gasteiger partial charge in [-0.2, -0.15) is 0 Å². The largest absolute Gasteiger partial charge is 0.491 e. The summed E-state index contributed by atoms with van der Waals surface area (Å²) in [6.45, 7) is 2.33. The van der Waals surface area contributed by atoms with Gasteiger partial charge >= 0.3 is 0 Å². The number of thiophene rings is 1. The molecule has 0 radical (unpaired) electrons. The van der Waals surface area contributed by atoms with Crippen LogP contribution in [0.1, 0.15) is 32.1 Å². The fourth-order valence-corrected chi connectivity index (χ4v) is 3.87. The van der Waals surface area contributed by atoms with Crippen LogP contribution < -0.4 is 10.1 Å². The zero-order chi connectivity index (χ0) is 16.2. The second-order valence-electron chi connectivity index (χ2n) is 5.90. The predicted octanol–water partition coefficient (Wildman–Crippen LogP) is 2.71. The molecule has 1 aromatic heterocycles. The van der Waals surface area contributed by atoms with E-state index in [-0.39, 0.29) is 19.1 Å². The second-order valence-corrected chi connectivity index (χ2v) is 7.04. The van der Waals surface area contributed by atoms with Gasteiger partial charge in [-0.05, 0) is 55.5 Å². The molecule has 2 aromatic rings. The van der Waals surface area contributed by atoms with Crippen LogP contribution in [0.3, 0.4) is 0 Å². The number of carbonyl (C=O) groups excluding carboxylic acids is 1. The van der Waals surface area contributed by atoms with Crippen LogP contribution in [0.15, 0.2) is 30.3 Å². The van der Waals surface area contributed by atoms with E-state index in [0.717, 1.165) is 29.0 Å². The van der Waals surface area contributed by atoms with Crippen LogP contribution in [0.2, 0.25) is 0 Å². The molecule has 0 aliphatic heterocycles. The molecular weight excluding hydrogens is 310 g/mol. The number of fused-ring (bicyclic) bond motifs is 1. The van der Waals surface area contributed by atoms with Crippen LogP contribution >= 0.6 is 11.3 Å². The Morgan fingerprint density at radius 1 is 1.39 bits per heavy atom. The van der Waals surface area contributed by atoms with Gasteiger partial charge in [-0.3, -0.25) is 4.79 Å². The first kappa shape index (κ1) is 16.0. The number of rotatable bonds is 6. The highest BCUT2D eigenvalue weighted by Crippen LogP contribution is 2.30. The van der Waals surface area contributed by atoms with Gasteiger partial charge in [0.15, 0.2) is 0 Å². The predicted molar refractivity (Wildman–Crippen MR) is 91.4 cm³/mol. The van der Waals surface area contributed by atoms with Gasteiger partial charge in [0.25, 0.3) is 5.91 Å². The molecule has 1 unspecified atom stereocenters. The van der Waals surface area contributed by atoms with Gasteiger partial charge in [-0.1, -0.05) is 12.1 Å². The first-order chi connectivity index (χ1) is 11.1. The lowest BCUT2D eigenvalue weighted by atomic mass is 10.2. The molecule has 4 nitrogen and oxygen atoms in total. The second kappa shape index (κ2) is 7.15. The van der Waals surface area contributed by atoms with E-state index < -0.39 is 6.10 Å². The molecular formula is C18H21NO3S. The van der Waals surface area contributed by atoms with Crippen molar-refractivity contribution in [3.63, 3.8) is 0 Å². The van der Waals surface area contributed by atoms with Crippen molar-refractivity contribution in [2.75, 3.05) is 13.2 Å². The molecule has 1 aromatic carbocycles. The lowest BCUT2D eigenvalue weighted by Crippen LogP contribution is -2.35. The molecule has 1 atom stereocenters. The summed E-state index contributed by atoms with van der Waals surface area (Å²) in [4.78, 5) is 14.2. The van der Waals surface area contributed by atoms with Crippen LogP contribution in [0.25, 0.3) is 0 Å². The van der Waals surface area contributed by atoms with Crippen molar-refractivity contribution in [1.82, 2.24) is 5.32 Å². The Bertz CT molecular complexity index is 674. The Kier molecular flexibility index (Phi) is 4.98. The fourth-order valence-electron chi connectivity index (χ4n) is 2.70. The molecule has 122 valence electrons. The summed E-state index contributed by atoms with van der Waals surface area (Å²) < 4.78 is 5.54. The maximum Gasteiger partial charge on any atom is 0.261 e. The van der Waals surface area contributed by atoms with Gasteiger partial charge in [0.1, 0.15) is 18.5 Å². The van der Waals surface area contributed by atoms with Gasteiger partial charge in [-0.25, -0.2) is 0 Å². The Labute approximate surface area is 140 Å². The molecule has 1 aliphatic rings. The number of nitrogens with one attached hydrogen (secondary N) is 1. The summed E-state index contributed by atoms with van der Waals surface area (Å²) in [5.74, 6) is 0.615. The van der Waals surface area contributed by atoms with E-state index in [4.69, 9.17) is 4.74 Å². The number of hydrogen-bond acceptors (Lipinski definition) is 4. The number of hydrogen-bond donors (Lipinski definition) is 2. The Morgan fingerprint density at radius 2 is 2.26 bits per heavy atom. The number of carbonyl (C=O) groups is 1. The van der Waals surface area contributed by atoms with Gasteiger partial charge < -0.3 is 15.2 Å². The third kappa shape index (κ3) is 4.12. The average molecular weight is 331 g/mol. The first-order valence-corrected chi connectivity index (χ1v) is 8.71. The van der Waals surface area contributed by atoms with Crippen LogP contribution in [-0.4, -0.2) is 30.3 Å². The zero-order valence-electron chi connectivity index (χ0n) is 13.2. The Hall–Kier alpha value is -1.85. The van der Waals surface area contributed by atoms with Gasteiger partial charge in [0.05, 0.1) is 4.88 Å². The van der Waals surface area contributed by atoms with E-state index in [0.29, 0.717) is 0 Å². The molecule has 1 amide bonds. The lowest BCUT2D eigenvalue weighted by molar-refractivity contribution is 0.0847. The molecule has 0 spiro atoms. The first-order valence-electron chi connectivity index (χ1n) is 7.89. The van der Waals surface area contributed by atoms with Crippen LogP contribution in [0.5, 0.6) is 5.75 Å². The maximum absolute atomic E-state index is 12.1.